The zero-order valence-electron chi connectivity index (χ0n) is 11.9. The van der Waals surface area contributed by atoms with Gasteiger partial charge in [-0.15, -0.1) is 0 Å². The van der Waals surface area contributed by atoms with E-state index in [0.717, 1.165) is 10.2 Å². The Kier molecular flexibility index (Phi) is 5.68. The van der Waals surface area contributed by atoms with Gasteiger partial charge in [0.15, 0.2) is 0 Å². The molecule has 1 aromatic heterocycles. The molecule has 0 aliphatic heterocycles. The zero-order chi connectivity index (χ0) is 15.3. The number of hydrogen-bond donors (Lipinski definition) is 2. The minimum atomic E-state index is -1.01. The van der Waals surface area contributed by atoms with Gasteiger partial charge in [-0.1, -0.05) is 13.8 Å². The highest BCUT2D eigenvalue weighted by Gasteiger charge is 2.37. The molecular weight excluding hydrogens is 324 g/mol. The summed E-state index contributed by atoms with van der Waals surface area (Å²) in [5.41, 5.74) is -0.243. The fraction of sp³-hybridized carbons (Fsp3) is 0.500. The maximum absolute atomic E-state index is 12.0. The number of aliphatic carboxylic acids is 1. The summed E-state index contributed by atoms with van der Waals surface area (Å²) in [7, 11) is 0. The number of aromatic nitrogens is 1. The molecule has 20 heavy (non-hydrogen) atoms. The van der Waals surface area contributed by atoms with E-state index in [4.69, 9.17) is 0 Å². The van der Waals surface area contributed by atoms with E-state index in [1.807, 2.05) is 6.92 Å². The molecule has 1 amide bonds. The first-order valence-electron chi connectivity index (χ1n) is 6.51. The Balaban J connectivity index is 2.80. The lowest BCUT2D eigenvalue weighted by molar-refractivity contribution is -0.151. The molecule has 5 nitrogen and oxygen atoms in total. The fourth-order valence-electron chi connectivity index (χ4n) is 1.99. The largest absolute Gasteiger partial charge is 0.481 e. The highest BCUT2D eigenvalue weighted by molar-refractivity contribution is 9.10. The van der Waals surface area contributed by atoms with Gasteiger partial charge in [-0.05, 0) is 47.8 Å². The first-order chi connectivity index (χ1) is 9.34. The SMILES string of the molecule is CCC(CC)(CC(=O)Nc1ccc(Br)c(C)n1)C(=O)O. The lowest BCUT2D eigenvalue weighted by Crippen LogP contribution is -2.34. The van der Waals surface area contributed by atoms with Crippen LogP contribution in [-0.4, -0.2) is 22.0 Å². The minimum absolute atomic E-state index is 0.0495. The second-order valence-electron chi connectivity index (χ2n) is 4.78. The van der Waals surface area contributed by atoms with Crippen molar-refractivity contribution >= 4 is 33.6 Å². The van der Waals surface area contributed by atoms with Crippen molar-refractivity contribution in [1.29, 1.82) is 0 Å². The van der Waals surface area contributed by atoms with Crippen LogP contribution in [0.4, 0.5) is 5.82 Å². The molecule has 0 aromatic carbocycles. The van der Waals surface area contributed by atoms with Crippen LogP contribution in [-0.2, 0) is 9.59 Å². The number of nitrogens with zero attached hydrogens (tertiary/aromatic N) is 1. The van der Waals surface area contributed by atoms with Crippen molar-refractivity contribution in [3.8, 4) is 0 Å². The van der Waals surface area contributed by atoms with E-state index in [1.165, 1.54) is 0 Å². The molecule has 2 N–H and O–H groups in total. The maximum Gasteiger partial charge on any atom is 0.310 e. The molecule has 0 aliphatic rings. The number of aryl methyl sites for hydroxylation is 1. The van der Waals surface area contributed by atoms with Crippen LogP contribution < -0.4 is 5.32 Å². The summed E-state index contributed by atoms with van der Waals surface area (Å²) in [6, 6.07) is 3.47. The molecule has 0 atom stereocenters. The number of rotatable bonds is 6. The Morgan fingerprint density at radius 1 is 1.35 bits per heavy atom. The highest BCUT2D eigenvalue weighted by Crippen LogP contribution is 2.31. The number of nitrogens with one attached hydrogen (secondary N) is 1. The highest BCUT2D eigenvalue weighted by atomic mass is 79.9. The van der Waals surface area contributed by atoms with Gasteiger partial charge in [-0.25, -0.2) is 4.98 Å². The van der Waals surface area contributed by atoms with Crippen LogP contribution in [0.2, 0.25) is 0 Å². The molecule has 1 heterocycles. The second-order valence-corrected chi connectivity index (χ2v) is 5.64. The summed E-state index contributed by atoms with van der Waals surface area (Å²) < 4.78 is 0.859. The summed E-state index contributed by atoms with van der Waals surface area (Å²) in [6.45, 7) is 5.39. The molecule has 0 saturated carbocycles. The number of carboxylic acid groups (broad SMARTS) is 1. The molecule has 1 aromatic rings. The van der Waals surface area contributed by atoms with Crippen LogP contribution in [0.1, 0.15) is 38.8 Å². The third-order valence-corrected chi connectivity index (χ3v) is 4.43. The van der Waals surface area contributed by atoms with Crippen LogP contribution >= 0.6 is 15.9 Å². The number of carbonyl (C=O) groups is 2. The van der Waals surface area contributed by atoms with Gasteiger partial charge in [-0.2, -0.15) is 0 Å². The van der Waals surface area contributed by atoms with E-state index in [9.17, 15) is 14.7 Å². The Hall–Kier alpha value is -1.43. The van der Waals surface area contributed by atoms with Gasteiger partial charge < -0.3 is 10.4 Å². The van der Waals surface area contributed by atoms with Crippen LogP contribution in [0.5, 0.6) is 0 Å². The number of halogens is 1. The molecule has 6 heteroatoms. The average Bonchev–Trinajstić information content (AvgIpc) is 2.40. The van der Waals surface area contributed by atoms with Gasteiger partial charge in [0.05, 0.1) is 11.1 Å². The Morgan fingerprint density at radius 3 is 2.40 bits per heavy atom. The molecule has 0 spiro atoms. The van der Waals surface area contributed by atoms with Crippen LogP contribution in [0.25, 0.3) is 0 Å². The number of amides is 1. The number of carbonyl (C=O) groups excluding carboxylic acids is 1. The standard InChI is InChI=1S/C14H19BrN2O3/c1-4-14(5-2,13(19)20)8-12(18)17-11-7-6-10(15)9(3)16-11/h6-7H,4-5,8H2,1-3H3,(H,19,20)(H,16,17,18). The topological polar surface area (TPSA) is 79.3 Å². The molecule has 1 rings (SSSR count). The van der Waals surface area contributed by atoms with Crippen molar-refractivity contribution in [3.05, 3.63) is 22.3 Å². The molecule has 0 aliphatic carbocycles. The first kappa shape index (κ1) is 16.6. The van der Waals surface area contributed by atoms with E-state index in [-0.39, 0.29) is 12.3 Å². The van der Waals surface area contributed by atoms with Gasteiger partial charge in [0, 0.05) is 10.9 Å². The van der Waals surface area contributed by atoms with Gasteiger partial charge >= 0.3 is 5.97 Å². The quantitative estimate of drug-likeness (QED) is 0.830. The number of anilines is 1. The van der Waals surface area contributed by atoms with E-state index < -0.39 is 11.4 Å². The normalized spacial score (nSPS) is 11.2. The third kappa shape index (κ3) is 3.79. The predicted octanol–water partition coefficient (Wildman–Crippen LogP) is 3.37. The molecule has 0 saturated heterocycles. The van der Waals surface area contributed by atoms with Crippen molar-refractivity contribution in [3.63, 3.8) is 0 Å². The maximum atomic E-state index is 12.0. The van der Waals surface area contributed by atoms with Gasteiger partial charge in [-0.3, -0.25) is 9.59 Å². The van der Waals surface area contributed by atoms with Crippen LogP contribution in [0.3, 0.4) is 0 Å². The van der Waals surface area contributed by atoms with Crippen molar-refractivity contribution in [2.75, 3.05) is 5.32 Å². The average molecular weight is 343 g/mol. The fourth-order valence-corrected chi connectivity index (χ4v) is 2.21. The lowest BCUT2D eigenvalue weighted by Gasteiger charge is -2.25. The van der Waals surface area contributed by atoms with Gasteiger partial charge in [0.1, 0.15) is 5.82 Å². The minimum Gasteiger partial charge on any atom is -0.481 e. The van der Waals surface area contributed by atoms with Gasteiger partial charge in [0.25, 0.3) is 0 Å². The first-order valence-corrected chi connectivity index (χ1v) is 7.30. The number of pyridine rings is 1. The second kappa shape index (κ2) is 6.83. The van der Waals surface area contributed by atoms with Crippen molar-refractivity contribution in [2.24, 2.45) is 5.41 Å². The van der Waals surface area contributed by atoms with Gasteiger partial charge in [0.2, 0.25) is 5.91 Å². The van der Waals surface area contributed by atoms with Crippen molar-refractivity contribution < 1.29 is 14.7 Å². The summed E-state index contributed by atoms with van der Waals surface area (Å²) in [5, 5.41) is 12.0. The summed E-state index contributed by atoms with van der Waals surface area (Å²) in [6.07, 6.45) is 0.782. The Labute approximate surface area is 126 Å². The molecule has 0 bridgehead atoms. The van der Waals surface area contributed by atoms with Crippen molar-refractivity contribution in [2.45, 2.75) is 40.0 Å². The molecule has 0 unspecified atom stereocenters. The van der Waals surface area contributed by atoms with E-state index in [0.29, 0.717) is 18.7 Å². The smallest absolute Gasteiger partial charge is 0.310 e. The zero-order valence-corrected chi connectivity index (χ0v) is 13.5. The number of carboxylic acids is 1. The lowest BCUT2D eigenvalue weighted by atomic mass is 9.79. The third-order valence-electron chi connectivity index (χ3n) is 3.59. The molecule has 110 valence electrons. The summed E-state index contributed by atoms with van der Waals surface area (Å²) in [5.74, 6) is -0.829. The molecule has 0 radical (unpaired) electrons. The van der Waals surface area contributed by atoms with E-state index in [1.54, 1.807) is 26.0 Å². The molecular formula is C14H19BrN2O3. The van der Waals surface area contributed by atoms with Crippen molar-refractivity contribution in [1.82, 2.24) is 4.98 Å². The summed E-state index contributed by atoms with van der Waals surface area (Å²) >= 11 is 3.33. The Morgan fingerprint density at radius 2 is 1.95 bits per heavy atom. The van der Waals surface area contributed by atoms with E-state index >= 15 is 0 Å². The monoisotopic (exact) mass is 342 g/mol. The molecule has 0 fully saturated rings. The Bertz CT molecular complexity index is 513. The van der Waals surface area contributed by atoms with E-state index in [2.05, 4.69) is 26.2 Å². The van der Waals surface area contributed by atoms with Crippen LogP contribution in [0, 0.1) is 12.3 Å². The predicted molar refractivity (Wildman–Crippen MR) is 80.6 cm³/mol. The summed E-state index contributed by atoms with van der Waals surface area (Å²) in [4.78, 5) is 27.6. The van der Waals surface area contributed by atoms with Crippen LogP contribution in [0.15, 0.2) is 16.6 Å². The number of hydrogen-bond acceptors (Lipinski definition) is 3.